The van der Waals surface area contributed by atoms with E-state index in [4.69, 9.17) is 14.2 Å². The van der Waals surface area contributed by atoms with Gasteiger partial charge in [-0.1, -0.05) is 311 Å². The lowest BCUT2D eigenvalue weighted by Crippen LogP contribution is -2.30. The minimum absolute atomic E-state index is 0.0630. The van der Waals surface area contributed by atoms with Crippen LogP contribution in [0.1, 0.15) is 349 Å². The summed E-state index contributed by atoms with van der Waals surface area (Å²) >= 11 is 0. The largest absolute Gasteiger partial charge is 0.462 e. The highest BCUT2D eigenvalue weighted by Crippen LogP contribution is 2.19. The van der Waals surface area contributed by atoms with Gasteiger partial charge in [0.05, 0.1) is 0 Å². The Morgan fingerprint density at radius 3 is 0.838 bits per heavy atom. The molecule has 0 amide bonds. The summed E-state index contributed by atoms with van der Waals surface area (Å²) in [4.78, 5) is 38.2. The van der Waals surface area contributed by atoms with Crippen LogP contribution in [-0.4, -0.2) is 37.2 Å². The molecule has 0 rings (SSSR count). The maximum absolute atomic E-state index is 12.9. The molecular formula is C62H120O6. The SMILES string of the molecule is CCCCCCCCCCCCCCCCCCCCC(=O)OC[C@@H](COC(=O)CCCCCCCCCC(C)C)OC(=O)CCCCCCCCCCCCCCCCCCCCC(C)CC. The van der Waals surface area contributed by atoms with E-state index in [9.17, 15) is 14.4 Å². The second-order valence-corrected chi connectivity index (χ2v) is 22.1. The lowest BCUT2D eigenvalue weighted by atomic mass is 9.99. The Labute approximate surface area is 425 Å². The van der Waals surface area contributed by atoms with Crippen molar-refractivity contribution in [1.29, 1.82) is 0 Å². The van der Waals surface area contributed by atoms with Gasteiger partial charge >= 0.3 is 17.9 Å². The molecule has 0 aliphatic rings. The van der Waals surface area contributed by atoms with E-state index in [1.165, 1.54) is 238 Å². The molecule has 0 saturated heterocycles. The van der Waals surface area contributed by atoms with Crippen molar-refractivity contribution < 1.29 is 28.6 Å². The highest BCUT2D eigenvalue weighted by atomic mass is 16.6. The highest BCUT2D eigenvalue weighted by Gasteiger charge is 2.19. The molecule has 1 unspecified atom stereocenters. The van der Waals surface area contributed by atoms with Crippen molar-refractivity contribution in [3.05, 3.63) is 0 Å². The van der Waals surface area contributed by atoms with Crippen molar-refractivity contribution >= 4 is 17.9 Å². The van der Waals surface area contributed by atoms with Crippen LogP contribution in [-0.2, 0) is 28.6 Å². The number of hydrogen-bond donors (Lipinski definition) is 0. The Kier molecular flexibility index (Phi) is 53.5. The first-order chi connectivity index (χ1) is 33.3. The normalized spacial score (nSPS) is 12.4. The molecule has 0 radical (unpaired) electrons. The molecule has 0 aromatic rings. The van der Waals surface area contributed by atoms with Gasteiger partial charge in [0.2, 0.25) is 0 Å². The molecule has 0 saturated carbocycles. The number of unbranched alkanes of at least 4 members (excludes halogenated alkanes) is 40. The number of carbonyl (C=O) groups is 3. The maximum atomic E-state index is 12.9. The van der Waals surface area contributed by atoms with Gasteiger partial charge in [-0.2, -0.15) is 0 Å². The standard InChI is InChI=1S/C62H120O6/c1-6-8-9-10-11-12-13-14-15-16-20-23-26-29-32-37-42-47-52-60(63)66-55-59(56-67-61(64)53-48-43-39-34-35-40-45-50-57(3)4)68-62(65)54-49-44-38-33-30-27-24-21-18-17-19-22-25-28-31-36-41-46-51-58(5)7-2/h57-59H,6-56H2,1-5H3/t58?,59-/m0/s1. The fourth-order valence-corrected chi connectivity index (χ4v) is 9.55. The van der Waals surface area contributed by atoms with E-state index in [1.807, 2.05) is 0 Å². The van der Waals surface area contributed by atoms with Crippen molar-refractivity contribution in [2.75, 3.05) is 13.2 Å². The van der Waals surface area contributed by atoms with Gasteiger partial charge in [0.15, 0.2) is 6.10 Å². The molecule has 0 aromatic carbocycles. The predicted octanol–water partition coefficient (Wildman–Crippen LogP) is 20.4. The average Bonchev–Trinajstić information content (AvgIpc) is 3.32. The molecule has 0 fully saturated rings. The van der Waals surface area contributed by atoms with Crippen molar-refractivity contribution in [2.45, 2.75) is 355 Å². The summed E-state index contributed by atoms with van der Waals surface area (Å²) in [5.74, 6) is 0.851. The van der Waals surface area contributed by atoms with Crippen molar-refractivity contribution in [3.63, 3.8) is 0 Å². The predicted molar refractivity (Wildman–Crippen MR) is 293 cm³/mol. The number of carbonyl (C=O) groups excluding carboxylic acids is 3. The average molecular weight is 962 g/mol. The first-order valence-electron chi connectivity index (χ1n) is 30.8. The van der Waals surface area contributed by atoms with Gasteiger partial charge in [-0.25, -0.2) is 0 Å². The van der Waals surface area contributed by atoms with Crippen LogP contribution in [0.25, 0.3) is 0 Å². The summed E-state index contributed by atoms with van der Waals surface area (Å²) in [6.07, 6.45) is 59.7. The Morgan fingerprint density at radius 2 is 0.559 bits per heavy atom. The van der Waals surface area contributed by atoms with Crippen LogP contribution >= 0.6 is 0 Å². The molecule has 404 valence electrons. The summed E-state index contributed by atoms with van der Waals surface area (Å²) in [5.41, 5.74) is 0. The minimum Gasteiger partial charge on any atom is -0.462 e. The van der Waals surface area contributed by atoms with E-state index in [2.05, 4.69) is 34.6 Å². The Balaban J connectivity index is 4.20. The zero-order valence-corrected chi connectivity index (χ0v) is 46.7. The van der Waals surface area contributed by atoms with Crippen molar-refractivity contribution in [1.82, 2.24) is 0 Å². The third-order valence-corrected chi connectivity index (χ3v) is 14.6. The summed E-state index contributed by atoms with van der Waals surface area (Å²) in [6.45, 7) is 11.4. The van der Waals surface area contributed by atoms with E-state index < -0.39 is 6.10 Å². The summed E-state index contributed by atoms with van der Waals surface area (Å²) in [5, 5.41) is 0. The van der Waals surface area contributed by atoms with Crippen molar-refractivity contribution in [3.8, 4) is 0 Å². The van der Waals surface area contributed by atoms with Crippen LogP contribution in [0.4, 0.5) is 0 Å². The Hall–Kier alpha value is -1.59. The molecule has 0 N–H and O–H groups in total. The van der Waals surface area contributed by atoms with Gasteiger partial charge in [-0.05, 0) is 31.1 Å². The molecular weight excluding hydrogens is 841 g/mol. The molecule has 6 nitrogen and oxygen atoms in total. The van der Waals surface area contributed by atoms with Crippen LogP contribution in [0.2, 0.25) is 0 Å². The molecule has 0 bridgehead atoms. The third kappa shape index (κ3) is 53.8. The monoisotopic (exact) mass is 961 g/mol. The third-order valence-electron chi connectivity index (χ3n) is 14.6. The molecule has 0 aliphatic carbocycles. The van der Waals surface area contributed by atoms with E-state index in [0.717, 1.165) is 69.6 Å². The highest BCUT2D eigenvalue weighted by molar-refractivity contribution is 5.71. The van der Waals surface area contributed by atoms with Gasteiger partial charge < -0.3 is 14.2 Å². The van der Waals surface area contributed by atoms with Crippen LogP contribution in [0.5, 0.6) is 0 Å². The number of rotatable bonds is 56. The molecule has 0 aromatic heterocycles. The molecule has 6 heteroatoms. The number of hydrogen-bond acceptors (Lipinski definition) is 6. The van der Waals surface area contributed by atoms with Crippen LogP contribution in [0.3, 0.4) is 0 Å². The molecule has 2 atom stereocenters. The molecule has 0 spiro atoms. The Bertz CT molecular complexity index is 1040. The first kappa shape index (κ1) is 66.4. The van der Waals surface area contributed by atoms with E-state index in [0.29, 0.717) is 19.3 Å². The van der Waals surface area contributed by atoms with Crippen LogP contribution in [0.15, 0.2) is 0 Å². The molecule has 68 heavy (non-hydrogen) atoms. The fraction of sp³-hybridized carbons (Fsp3) is 0.952. The van der Waals surface area contributed by atoms with Crippen LogP contribution in [0, 0.1) is 11.8 Å². The van der Waals surface area contributed by atoms with Crippen LogP contribution < -0.4 is 0 Å². The van der Waals surface area contributed by atoms with Gasteiger partial charge in [0.25, 0.3) is 0 Å². The van der Waals surface area contributed by atoms with Gasteiger partial charge in [-0.15, -0.1) is 0 Å². The first-order valence-corrected chi connectivity index (χ1v) is 30.8. The number of ether oxygens (including phenoxy) is 3. The van der Waals surface area contributed by atoms with E-state index >= 15 is 0 Å². The second kappa shape index (κ2) is 54.7. The van der Waals surface area contributed by atoms with Gasteiger partial charge in [0, 0.05) is 19.3 Å². The minimum atomic E-state index is -0.763. The molecule has 0 heterocycles. The maximum Gasteiger partial charge on any atom is 0.306 e. The van der Waals surface area contributed by atoms with Crippen molar-refractivity contribution in [2.24, 2.45) is 11.8 Å². The smallest absolute Gasteiger partial charge is 0.306 e. The quantitative estimate of drug-likeness (QED) is 0.0343. The van der Waals surface area contributed by atoms with E-state index in [-0.39, 0.29) is 31.1 Å². The number of esters is 3. The summed E-state index contributed by atoms with van der Waals surface area (Å²) in [6, 6.07) is 0. The zero-order valence-electron chi connectivity index (χ0n) is 46.7. The summed E-state index contributed by atoms with van der Waals surface area (Å²) < 4.78 is 16.9. The molecule has 0 aliphatic heterocycles. The fourth-order valence-electron chi connectivity index (χ4n) is 9.55. The van der Waals surface area contributed by atoms with Gasteiger partial charge in [0.1, 0.15) is 13.2 Å². The topological polar surface area (TPSA) is 78.9 Å². The Morgan fingerprint density at radius 1 is 0.309 bits per heavy atom. The summed E-state index contributed by atoms with van der Waals surface area (Å²) in [7, 11) is 0. The van der Waals surface area contributed by atoms with E-state index in [1.54, 1.807) is 0 Å². The lowest BCUT2D eigenvalue weighted by Gasteiger charge is -2.18. The lowest BCUT2D eigenvalue weighted by molar-refractivity contribution is -0.167. The van der Waals surface area contributed by atoms with Gasteiger partial charge in [-0.3, -0.25) is 14.4 Å². The second-order valence-electron chi connectivity index (χ2n) is 22.1. The zero-order chi connectivity index (χ0) is 49.6.